The summed E-state index contributed by atoms with van der Waals surface area (Å²) >= 11 is 0. The van der Waals surface area contributed by atoms with Crippen molar-refractivity contribution in [3.63, 3.8) is 0 Å². The van der Waals surface area contributed by atoms with Crippen LogP contribution in [0.2, 0.25) is 0 Å². The standard InChI is InChI=1S/C31H51N5O5S2/c1-12-21(5)27(24(13-2)40-11)35(9)25(37)18-32-28(38)26(20(3)4)36(10)30(39)41-19-31(6,7)43-42-29-33-22-16-14-15-17-23(22)34(29)8/h14-17,20-21,24,26-27H,12-13,18-19H2,1-11H3,(H,32,38). The Hall–Kier alpha value is -2.44. The van der Waals surface area contributed by atoms with Gasteiger partial charge in [-0.1, -0.05) is 64.0 Å². The fraction of sp³-hybridized carbons (Fsp3) is 0.677. The van der Waals surface area contributed by atoms with Gasteiger partial charge >= 0.3 is 6.09 Å². The topological polar surface area (TPSA) is 106 Å². The number of carbonyl (C=O) groups is 3. The molecule has 1 aromatic carbocycles. The highest BCUT2D eigenvalue weighted by molar-refractivity contribution is 8.77. The van der Waals surface area contributed by atoms with Crippen LogP contribution in [0.5, 0.6) is 0 Å². The number of benzene rings is 1. The zero-order chi connectivity index (χ0) is 32.5. The normalized spacial score (nSPS) is 14.7. The van der Waals surface area contributed by atoms with Crippen molar-refractivity contribution < 1.29 is 23.9 Å². The van der Waals surface area contributed by atoms with Gasteiger partial charge in [-0.15, -0.1) is 0 Å². The average Bonchev–Trinajstić information content (AvgIpc) is 3.30. The van der Waals surface area contributed by atoms with E-state index in [9.17, 15) is 14.4 Å². The fourth-order valence-corrected chi connectivity index (χ4v) is 7.34. The number of likely N-dealkylation sites (N-methyl/N-ethyl adjacent to an activating group) is 2. The predicted octanol–water partition coefficient (Wildman–Crippen LogP) is 5.60. The van der Waals surface area contributed by atoms with Gasteiger partial charge in [-0.3, -0.25) is 14.5 Å². The van der Waals surface area contributed by atoms with Crippen LogP contribution in [0, 0.1) is 11.8 Å². The number of para-hydroxylation sites is 2. The number of imidazole rings is 1. The Kier molecular flexibility index (Phi) is 14.2. The lowest BCUT2D eigenvalue weighted by Gasteiger charge is -2.37. The molecule has 1 N–H and O–H groups in total. The molecule has 0 radical (unpaired) electrons. The molecule has 4 unspecified atom stereocenters. The third kappa shape index (κ3) is 9.78. The van der Waals surface area contributed by atoms with Gasteiger partial charge < -0.3 is 24.3 Å². The first-order valence-corrected chi connectivity index (χ1v) is 17.1. The number of amides is 3. The van der Waals surface area contributed by atoms with Crippen molar-refractivity contribution >= 4 is 50.5 Å². The number of fused-ring (bicyclic) bond motifs is 1. The molecule has 0 aliphatic carbocycles. The van der Waals surface area contributed by atoms with Crippen molar-refractivity contribution in [3.05, 3.63) is 24.3 Å². The second-order valence-corrected chi connectivity index (χ2v) is 14.8. The van der Waals surface area contributed by atoms with E-state index in [4.69, 9.17) is 14.5 Å². The van der Waals surface area contributed by atoms with E-state index >= 15 is 0 Å². The number of rotatable bonds is 16. The molecule has 0 spiro atoms. The Morgan fingerprint density at radius 3 is 2.28 bits per heavy atom. The van der Waals surface area contributed by atoms with Crippen molar-refractivity contribution in [2.24, 2.45) is 18.9 Å². The Morgan fingerprint density at radius 1 is 1.07 bits per heavy atom. The lowest BCUT2D eigenvalue weighted by molar-refractivity contribution is -0.138. The Balaban J connectivity index is 1.97. The summed E-state index contributed by atoms with van der Waals surface area (Å²) in [5, 5.41) is 3.62. The largest absolute Gasteiger partial charge is 0.448 e. The molecule has 1 heterocycles. The molecule has 1 aromatic heterocycles. The first kappa shape index (κ1) is 36.8. The number of nitrogens with zero attached hydrogens (tertiary/aromatic N) is 4. The van der Waals surface area contributed by atoms with Crippen LogP contribution in [-0.4, -0.2) is 94.5 Å². The highest BCUT2D eigenvalue weighted by Crippen LogP contribution is 2.41. The molecule has 0 fully saturated rings. The van der Waals surface area contributed by atoms with E-state index in [1.165, 1.54) is 15.7 Å². The smallest absolute Gasteiger partial charge is 0.410 e. The Labute approximate surface area is 265 Å². The molecule has 0 aliphatic heterocycles. The van der Waals surface area contributed by atoms with E-state index in [2.05, 4.69) is 19.2 Å². The van der Waals surface area contributed by atoms with Crippen molar-refractivity contribution in [1.29, 1.82) is 0 Å². The minimum absolute atomic E-state index is 0.104. The van der Waals surface area contributed by atoms with Crippen LogP contribution in [0.15, 0.2) is 29.4 Å². The van der Waals surface area contributed by atoms with E-state index in [0.29, 0.717) is 0 Å². The molecular formula is C31H51N5O5S2. The van der Waals surface area contributed by atoms with Crippen LogP contribution in [0.4, 0.5) is 4.79 Å². The second kappa shape index (κ2) is 16.6. The summed E-state index contributed by atoms with van der Waals surface area (Å²) in [5.74, 6) is -0.588. The molecule has 3 amide bonds. The molecule has 4 atom stereocenters. The van der Waals surface area contributed by atoms with Gasteiger partial charge in [-0.25, -0.2) is 9.78 Å². The van der Waals surface area contributed by atoms with Gasteiger partial charge in [0.25, 0.3) is 0 Å². The third-order valence-electron chi connectivity index (χ3n) is 7.80. The quantitative estimate of drug-likeness (QED) is 0.237. The van der Waals surface area contributed by atoms with Crippen LogP contribution in [-0.2, 0) is 26.1 Å². The molecule has 0 bridgehead atoms. The zero-order valence-electron chi connectivity index (χ0n) is 27.7. The summed E-state index contributed by atoms with van der Waals surface area (Å²) in [6.07, 6.45) is 0.964. The Bertz CT molecular complexity index is 1220. The van der Waals surface area contributed by atoms with Gasteiger partial charge in [0.1, 0.15) is 12.6 Å². The lowest BCUT2D eigenvalue weighted by atomic mass is 9.91. The Morgan fingerprint density at radius 2 is 1.72 bits per heavy atom. The maximum absolute atomic E-state index is 13.3. The molecular weight excluding hydrogens is 587 g/mol. The highest BCUT2D eigenvalue weighted by Gasteiger charge is 2.34. The van der Waals surface area contributed by atoms with Crippen LogP contribution >= 0.6 is 21.6 Å². The summed E-state index contributed by atoms with van der Waals surface area (Å²) in [6.45, 7) is 13.9. The SMILES string of the molecule is CCC(C)C(C(CC)OC)N(C)C(=O)CNC(=O)C(C(C)C)N(C)C(=O)OCC(C)(C)SSc1nc2ccccc2n1C. The summed E-state index contributed by atoms with van der Waals surface area (Å²) in [6, 6.07) is 7.05. The molecule has 2 rings (SSSR count). The third-order valence-corrected chi connectivity index (χ3v) is 11.0. The van der Waals surface area contributed by atoms with Crippen LogP contribution in [0.1, 0.15) is 61.3 Å². The van der Waals surface area contributed by atoms with E-state index in [0.717, 1.165) is 29.0 Å². The second-order valence-electron chi connectivity index (χ2n) is 12.0. The van der Waals surface area contributed by atoms with Gasteiger partial charge in [0.15, 0.2) is 5.16 Å². The number of carbonyl (C=O) groups excluding carboxylic acids is 3. The van der Waals surface area contributed by atoms with E-state index in [1.807, 2.05) is 70.5 Å². The first-order chi connectivity index (χ1) is 20.2. The maximum atomic E-state index is 13.3. The van der Waals surface area contributed by atoms with Gasteiger partial charge in [-0.2, -0.15) is 0 Å². The van der Waals surface area contributed by atoms with E-state index < -0.39 is 22.8 Å². The summed E-state index contributed by atoms with van der Waals surface area (Å²) in [7, 11) is 10.0. The molecule has 10 nitrogen and oxygen atoms in total. The van der Waals surface area contributed by atoms with Crippen molar-refractivity contribution in [2.45, 2.75) is 89.4 Å². The molecule has 12 heteroatoms. The maximum Gasteiger partial charge on any atom is 0.410 e. The molecule has 0 saturated heterocycles. The number of aromatic nitrogens is 2. The number of nitrogens with one attached hydrogen (secondary N) is 1. The van der Waals surface area contributed by atoms with Crippen LogP contribution in [0.25, 0.3) is 11.0 Å². The highest BCUT2D eigenvalue weighted by atomic mass is 33.1. The number of hydrogen-bond donors (Lipinski definition) is 1. The first-order valence-electron chi connectivity index (χ1n) is 14.9. The van der Waals surface area contributed by atoms with Crippen molar-refractivity contribution in [2.75, 3.05) is 34.4 Å². The summed E-state index contributed by atoms with van der Waals surface area (Å²) < 4.78 is 13.0. The minimum Gasteiger partial charge on any atom is -0.448 e. The molecule has 43 heavy (non-hydrogen) atoms. The van der Waals surface area contributed by atoms with Crippen molar-refractivity contribution in [3.8, 4) is 0 Å². The lowest BCUT2D eigenvalue weighted by Crippen LogP contribution is -2.55. The zero-order valence-corrected chi connectivity index (χ0v) is 29.3. The van der Waals surface area contributed by atoms with Gasteiger partial charge in [0.2, 0.25) is 11.8 Å². The fourth-order valence-electron chi connectivity index (χ4n) is 5.09. The molecule has 242 valence electrons. The number of hydrogen-bond acceptors (Lipinski definition) is 8. The summed E-state index contributed by atoms with van der Waals surface area (Å²) in [4.78, 5) is 47.1. The average molecular weight is 638 g/mol. The predicted molar refractivity (Wildman–Crippen MR) is 176 cm³/mol. The van der Waals surface area contributed by atoms with Crippen molar-refractivity contribution in [1.82, 2.24) is 24.7 Å². The summed E-state index contributed by atoms with van der Waals surface area (Å²) in [5.41, 5.74) is 1.99. The minimum atomic E-state index is -0.802. The van der Waals surface area contributed by atoms with Gasteiger partial charge in [0.05, 0.1) is 34.5 Å². The van der Waals surface area contributed by atoms with Gasteiger partial charge in [0, 0.05) is 28.3 Å². The monoisotopic (exact) mass is 637 g/mol. The van der Waals surface area contributed by atoms with Crippen LogP contribution < -0.4 is 5.32 Å². The molecule has 2 aromatic rings. The molecule has 0 saturated carbocycles. The van der Waals surface area contributed by atoms with Crippen LogP contribution in [0.3, 0.4) is 0 Å². The van der Waals surface area contributed by atoms with Gasteiger partial charge in [-0.05, 0) is 55.0 Å². The van der Waals surface area contributed by atoms with E-state index in [-0.39, 0.29) is 43.0 Å². The number of aryl methyl sites for hydroxylation is 1. The molecule has 0 aliphatic rings. The number of methoxy groups -OCH3 is 1. The van der Waals surface area contributed by atoms with E-state index in [1.54, 1.807) is 36.9 Å². The number of ether oxygens (including phenoxy) is 2.